The zero-order valence-corrected chi connectivity index (χ0v) is 34.4. The van der Waals surface area contributed by atoms with Crippen LogP contribution in [0.3, 0.4) is 0 Å². The van der Waals surface area contributed by atoms with Gasteiger partial charge in [-0.3, -0.25) is 0 Å². The van der Waals surface area contributed by atoms with E-state index in [1.807, 2.05) is 24.3 Å². The normalized spacial score (nSPS) is 12.6. The quantitative estimate of drug-likeness (QED) is 0.151. The molecule has 0 radical (unpaired) electrons. The Hall–Kier alpha value is -8.27. The highest BCUT2D eigenvalue weighted by atomic mass is 14.9. The molecule has 2 aromatic heterocycles. The van der Waals surface area contributed by atoms with Crippen LogP contribution in [0.4, 0.5) is 0 Å². The van der Waals surface area contributed by atoms with Crippen LogP contribution >= 0.6 is 0 Å². The highest BCUT2D eigenvalue weighted by molar-refractivity contribution is 6.13. The molecule has 0 spiro atoms. The van der Waals surface area contributed by atoms with E-state index in [0.29, 0.717) is 5.82 Å². The average molecular weight is 802 g/mol. The second-order valence-electron chi connectivity index (χ2n) is 16.3. The van der Waals surface area contributed by atoms with Gasteiger partial charge in [-0.2, -0.15) is 0 Å². The van der Waals surface area contributed by atoms with Crippen molar-refractivity contribution >= 4 is 21.7 Å². The van der Waals surface area contributed by atoms with E-state index in [9.17, 15) is 0 Å². The van der Waals surface area contributed by atoms with Crippen molar-refractivity contribution in [2.24, 2.45) is 0 Å². The molecule has 0 aliphatic heterocycles. The molecule has 0 atom stereocenters. The van der Waals surface area contributed by atoms with Gasteiger partial charge in [0.15, 0.2) is 5.82 Å². The lowest BCUT2D eigenvalue weighted by Crippen LogP contribution is -2.28. The molecule has 0 bridgehead atoms. The molecule has 3 nitrogen and oxygen atoms in total. The van der Waals surface area contributed by atoms with Gasteiger partial charge in [0.1, 0.15) is 0 Å². The monoisotopic (exact) mass is 801 g/mol. The average Bonchev–Trinajstić information content (AvgIpc) is 3.66. The predicted octanol–water partition coefficient (Wildman–Crippen LogP) is 14.9. The smallest absolute Gasteiger partial charge is 0.160 e. The van der Waals surface area contributed by atoms with Crippen molar-refractivity contribution < 1.29 is 0 Å². The Balaban J connectivity index is 1.02. The topological polar surface area (TPSA) is 38.7 Å². The fraction of sp³-hybridized carbons (Fsp3) is 0.0167. The second-order valence-corrected chi connectivity index (χ2v) is 16.3. The molecule has 294 valence electrons. The molecule has 0 saturated heterocycles. The van der Waals surface area contributed by atoms with E-state index in [1.165, 1.54) is 49.9 Å². The molecule has 1 aliphatic rings. The highest BCUT2D eigenvalue weighted by Crippen LogP contribution is 2.57. The van der Waals surface area contributed by atoms with E-state index < -0.39 is 5.41 Å². The molecular formula is C60H39N3. The van der Waals surface area contributed by atoms with Crippen molar-refractivity contribution in [3.63, 3.8) is 0 Å². The van der Waals surface area contributed by atoms with Crippen LogP contribution in [-0.2, 0) is 5.41 Å². The summed E-state index contributed by atoms with van der Waals surface area (Å²) in [7, 11) is 0. The van der Waals surface area contributed by atoms with E-state index in [4.69, 9.17) is 15.0 Å². The molecule has 11 aromatic rings. The number of hydrogen-bond acceptors (Lipinski definition) is 3. The maximum atomic E-state index is 5.42. The van der Waals surface area contributed by atoms with Crippen LogP contribution in [0.15, 0.2) is 237 Å². The highest BCUT2D eigenvalue weighted by Gasteiger charge is 2.46. The lowest BCUT2D eigenvalue weighted by atomic mass is 9.67. The summed E-state index contributed by atoms with van der Waals surface area (Å²) in [6.07, 6.45) is 0. The maximum Gasteiger partial charge on any atom is 0.160 e. The Bertz CT molecular complexity index is 3420. The van der Waals surface area contributed by atoms with Gasteiger partial charge in [0.05, 0.1) is 28.0 Å². The minimum absolute atomic E-state index is 0.492. The van der Waals surface area contributed by atoms with E-state index in [1.54, 1.807) is 0 Å². The number of rotatable bonds is 7. The van der Waals surface area contributed by atoms with Gasteiger partial charge in [-0.1, -0.05) is 212 Å². The Morgan fingerprint density at radius 3 is 1.41 bits per heavy atom. The lowest BCUT2D eigenvalue weighted by Gasteiger charge is -2.34. The molecule has 0 amide bonds. The maximum absolute atomic E-state index is 5.42. The van der Waals surface area contributed by atoms with Gasteiger partial charge >= 0.3 is 0 Å². The Morgan fingerprint density at radius 2 is 0.778 bits per heavy atom. The minimum Gasteiger partial charge on any atom is -0.247 e. The first-order chi connectivity index (χ1) is 31.2. The number of aromatic nitrogens is 3. The molecule has 12 rings (SSSR count). The van der Waals surface area contributed by atoms with Crippen LogP contribution in [0.1, 0.15) is 22.3 Å². The van der Waals surface area contributed by atoms with Crippen molar-refractivity contribution in [3.05, 3.63) is 259 Å². The van der Waals surface area contributed by atoms with Crippen LogP contribution in [-0.4, -0.2) is 15.0 Å². The zero-order valence-electron chi connectivity index (χ0n) is 34.4. The van der Waals surface area contributed by atoms with Gasteiger partial charge in [-0.05, 0) is 74.2 Å². The van der Waals surface area contributed by atoms with Crippen molar-refractivity contribution in [1.82, 2.24) is 15.0 Å². The summed E-state index contributed by atoms with van der Waals surface area (Å²) in [5.41, 5.74) is 17.2. The summed E-state index contributed by atoms with van der Waals surface area (Å²) in [6, 6.07) is 84.6. The van der Waals surface area contributed by atoms with E-state index in [-0.39, 0.29) is 0 Å². The van der Waals surface area contributed by atoms with Gasteiger partial charge < -0.3 is 0 Å². The van der Waals surface area contributed by atoms with E-state index in [0.717, 1.165) is 55.6 Å². The van der Waals surface area contributed by atoms with Crippen LogP contribution < -0.4 is 0 Å². The molecule has 0 saturated carbocycles. The predicted molar refractivity (Wildman–Crippen MR) is 259 cm³/mol. The number of benzene rings is 9. The minimum atomic E-state index is -0.492. The molecule has 0 fully saturated rings. The third-order valence-corrected chi connectivity index (χ3v) is 12.8. The van der Waals surface area contributed by atoms with Gasteiger partial charge in [0.2, 0.25) is 0 Å². The molecule has 3 heteroatoms. The van der Waals surface area contributed by atoms with Gasteiger partial charge in [0.25, 0.3) is 0 Å². The Morgan fingerprint density at radius 1 is 0.286 bits per heavy atom. The fourth-order valence-corrected chi connectivity index (χ4v) is 9.83. The zero-order chi connectivity index (χ0) is 41.7. The first-order valence-electron chi connectivity index (χ1n) is 21.5. The molecule has 2 heterocycles. The molecular weight excluding hydrogens is 763 g/mol. The third-order valence-electron chi connectivity index (χ3n) is 12.8. The van der Waals surface area contributed by atoms with Crippen LogP contribution in [0, 0.1) is 0 Å². The summed E-state index contributed by atoms with van der Waals surface area (Å²) in [6.45, 7) is 0. The molecule has 1 aliphatic carbocycles. The molecule has 63 heavy (non-hydrogen) atoms. The largest absolute Gasteiger partial charge is 0.247 e. The molecule has 0 N–H and O–H groups in total. The van der Waals surface area contributed by atoms with Crippen molar-refractivity contribution in [1.29, 1.82) is 0 Å². The van der Waals surface area contributed by atoms with Crippen LogP contribution in [0.5, 0.6) is 0 Å². The summed E-state index contributed by atoms with van der Waals surface area (Å²) >= 11 is 0. The summed E-state index contributed by atoms with van der Waals surface area (Å²) in [5.74, 6) is 0.692. The summed E-state index contributed by atoms with van der Waals surface area (Å²) in [4.78, 5) is 15.7. The molecule has 9 aromatic carbocycles. The Labute approximate surface area is 366 Å². The van der Waals surface area contributed by atoms with Crippen LogP contribution in [0.25, 0.3) is 89.1 Å². The lowest BCUT2D eigenvalue weighted by molar-refractivity contribution is 0.769. The standard InChI is InChI=1S/C60H39N3/c1-5-17-40(18-6-1)41-29-31-42(32-30-41)56-39-57(63-59(62-56)45-19-7-2-8-20-45)43-33-35-44(36-34-43)58-52-37-51-48-25-13-15-27-53(48)60(46-21-9-3-10-22-46,47-23-11-4-12-24-47)54(51)38-50(52)49-26-14-16-28-55(49)61-58/h1-39H. The van der Waals surface area contributed by atoms with Crippen molar-refractivity contribution in [3.8, 4) is 67.4 Å². The van der Waals surface area contributed by atoms with Crippen molar-refractivity contribution in [2.75, 3.05) is 0 Å². The first kappa shape index (κ1) is 36.6. The van der Waals surface area contributed by atoms with E-state index in [2.05, 4.69) is 212 Å². The summed E-state index contributed by atoms with van der Waals surface area (Å²) in [5, 5.41) is 3.45. The fourth-order valence-electron chi connectivity index (χ4n) is 9.83. The van der Waals surface area contributed by atoms with Gasteiger partial charge in [-0.25, -0.2) is 15.0 Å². The van der Waals surface area contributed by atoms with Gasteiger partial charge in [-0.15, -0.1) is 0 Å². The number of para-hydroxylation sites is 1. The number of pyridine rings is 1. The van der Waals surface area contributed by atoms with Crippen LogP contribution in [0.2, 0.25) is 0 Å². The van der Waals surface area contributed by atoms with E-state index >= 15 is 0 Å². The SMILES string of the molecule is c1ccc(-c2ccc(-c3cc(-c4ccc(-c5nc6ccccc6c6cc7c(cc56)-c5ccccc5C7(c5ccccc5)c5ccccc5)cc4)nc(-c4ccccc4)n3)cc2)cc1. The number of hydrogen-bond donors (Lipinski definition) is 0. The number of nitrogens with zero attached hydrogens (tertiary/aromatic N) is 3. The first-order valence-corrected chi connectivity index (χ1v) is 21.5. The van der Waals surface area contributed by atoms with Gasteiger partial charge in [0, 0.05) is 33.0 Å². The Kier molecular flexibility index (Phi) is 8.72. The summed E-state index contributed by atoms with van der Waals surface area (Å²) < 4.78 is 0. The van der Waals surface area contributed by atoms with Crippen molar-refractivity contribution in [2.45, 2.75) is 5.41 Å². The molecule has 0 unspecified atom stereocenters. The number of fused-ring (bicyclic) bond motifs is 6. The second kappa shape index (κ2) is 15.0. The third kappa shape index (κ3) is 6.08.